The Labute approximate surface area is 81.8 Å². The lowest BCUT2D eigenvalue weighted by molar-refractivity contribution is 0.877. The van der Waals surface area contributed by atoms with Crippen LogP contribution in [0.1, 0.15) is 5.56 Å². The van der Waals surface area contributed by atoms with Gasteiger partial charge in [0.05, 0.1) is 10.7 Å². The fourth-order valence-corrected chi connectivity index (χ4v) is 1.49. The molecule has 2 aromatic rings. The van der Waals surface area contributed by atoms with E-state index in [1.54, 1.807) is 10.7 Å². The van der Waals surface area contributed by atoms with Crippen molar-refractivity contribution in [1.82, 2.24) is 9.78 Å². The van der Waals surface area contributed by atoms with Crippen molar-refractivity contribution < 1.29 is 0 Å². The molecule has 2 nitrogen and oxygen atoms in total. The van der Waals surface area contributed by atoms with Crippen molar-refractivity contribution in [3.63, 3.8) is 0 Å². The standard InChI is InChI=1S/C10H8ClN2/c1-8-3-4-10(9(11)7-8)13-6-2-5-12-13/h2-4,6-7H,1H3. The maximum atomic E-state index is 6.05. The first-order valence-electron chi connectivity index (χ1n) is 3.95. The van der Waals surface area contributed by atoms with Gasteiger partial charge < -0.3 is 0 Å². The molecule has 0 saturated carbocycles. The third-order valence-corrected chi connectivity index (χ3v) is 2.11. The second-order valence-electron chi connectivity index (χ2n) is 2.84. The SMILES string of the molecule is Cc1ccc(-n2cc[c]n2)c(Cl)c1. The number of benzene rings is 1. The minimum Gasteiger partial charge on any atom is -0.239 e. The molecule has 0 atom stereocenters. The fraction of sp³-hybridized carbons (Fsp3) is 0.100. The van der Waals surface area contributed by atoms with Crippen LogP contribution in [0.5, 0.6) is 0 Å². The van der Waals surface area contributed by atoms with Gasteiger partial charge in [0.2, 0.25) is 0 Å². The maximum absolute atomic E-state index is 6.05. The lowest BCUT2D eigenvalue weighted by Gasteiger charge is -2.04. The monoisotopic (exact) mass is 191 g/mol. The van der Waals surface area contributed by atoms with Gasteiger partial charge in [-0.05, 0) is 30.7 Å². The number of hydrogen-bond donors (Lipinski definition) is 0. The van der Waals surface area contributed by atoms with E-state index in [4.69, 9.17) is 11.6 Å². The predicted octanol–water partition coefficient (Wildman–Crippen LogP) is 2.63. The van der Waals surface area contributed by atoms with Gasteiger partial charge in [0.1, 0.15) is 6.20 Å². The van der Waals surface area contributed by atoms with Gasteiger partial charge in [-0.15, -0.1) is 0 Å². The zero-order valence-corrected chi connectivity index (χ0v) is 7.92. The quantitative estimate of drug-likeness (QED) is 0.678. The summed E-state index contributed by atoms with van der Waals surface area (Å²) < 4.78 is 1.70. The highest BCUT2D eigenvalue weighted by atomic mass is 35.5. The Morgan fingerprint density at radius 2 is 2.31 bits per heavy atom. The van der Waals surface area contributed by atoms with Gasteiger partial charge in [0, 0.05) is 6.20 Å². The van der Waals surface area contributed by atoms with Gasteiger partial charge in [-0.3, -0.25) is 0 Å². The van der Waals surface area contributed by atoms with Crippen molar-refractivity contribution in [1.29, 1.82) is 0 Å². The third-order valence-electron chi connectivity index (χ3n) is 1.81. The van der Waals surface area contributed by atoms with Gasteiger partial charge in [-0.25, -0.2) is 4.68 Å². The molecule has 0 aliphatic carbocycles. The predicted molar refractivity (Wildman–Crippen MR) is 52.1 cm³/mol. The molecule has 0 fully saturated rings. The van der Waals surface area contributed by atoms with Crippen molar-refractivity contribution >= 4 is 11.6 Å². The van der Waals surface area contributed by atoms with Crippen molar-refractivity contribution in [3.8, 4) is 5.69 Å². The molecule has 0 amide bonds. The van der Waals surface area contributed by atoms with E-state index in [0.29, 0.717) is 5.02 Å². The summed E-state index contributed by atoms with van der Waals surface area (Å²) in [6.45, 7) is 2.00. The van der Waals surface area contributed by atoms with Crippen LogP contribution in [0.3, 0.4) is 0 Å². The summed E-state index contributed by atoms with van der Waals surface area (Å²) in [5.74, 6) is 0. The second kappa shape index (κ2) is 3.23. The van der Waals surface area contributed by atoms with Crippen LogP contribution >= 0.6 is 11.6 Å². The van der Waals surface area contributed by atoms with Crippen molar-refractivity contribution in [2.75, 3.05) is 0 Å². The molecule has 0 aliphatic heterocycles. The molecule has 2 rings (SSSR count). The van der Waals surface area contributed by atoms with E-state index >= 15 is 0 Å². The first kappa shape index (κ1) is 8.32. The van der Waals surface area contributed by atoms with Crippen molar-refractivity contribution in [2.24, 2.45) is 0 Å². The van der Waals surface area contributed by atoms with E-state index in [1.165, 1.54) is 0 Å². The Kier molecular flexibility index (Phi) is 2.07. The van der Waals surface area contributed by atoms with Crippen LogP contribution in [0.25, 0.3) is 5.69 Å². The van der Waals surface area contributed by atoms with E-state index in [9.17, 15) is 0 Å². The number of halogens is 1. The average Bonchev–Trinajstić information content (AvgIpc) is 2.56. The molecule has 0 bridgehead atoms. The fourth-order valence-electron chi connectivity index (χ4n) is 1.16. The molecule has 1 heterocycles. The van der Waals surface area contributed by atoms with Crippen LogP contribution in [0.4, 0.5) is 0 Å². The Morgan fingerprint density at radius 1 is 1.46 bits per heavy atom. The summed E-state index contributed by atoms with van der Waals surface area (Å²) in [6.07, 6.45) is 4.54. The Bertz CT molecular complexity index is 407. The van der Waals surface area contributed by atoms with Crippen LogP contribution in [0, 0.1) is 13.1 Å². The van der Waals surface area contributed by atoms with E-state index in [0.717, 1.165) is 11.3 Å². The molecule has 1 aromatic heterocycles. The number of aromatic nitrogens is 2. The summed E-state index contributed by atoms with van der Waals surface area (Å²) in [7, 11) is 0. The highest BCUT2D eigenvalue weighted by molar-refractivity contribution is 6.32. The molecular weight excluding hydrogens is 184 g/mol. The maximum Gasteiger partial charge on any atom is 0.113 e. The third kappa shape index (κ3) is 1.58. The van der Waals surface area contributed by atoms with E-state index in [1.807, 2.05) is 31.3 Å². The first-order valence-corrected chi connectivity index (χ1v) is 4.33. The van der Waals surface area contributed by atoms with Crippen LogP contribution in [0.15, 0.2) is 30.5 Å². The average molecular weight is 192 g/mol. The zero-order valence-electron chi connectivity index (χ0n) is 7.16. The minimum absolute atomic E-state index is 0.706. The number of hydrogen-bond acceptors (Lipinski definition) is 1. The van der Waals surface area contributed by atoms with E-state index in [2.05, 4.69) is 11.3 Å². The summed E-state index contributed by atoms with van der Waals surface area (Å²) in [5.41, 5.74) is 2.03. The van der Waals surface area contributed by atoms with Crippen molar-refractivity contribution in [2.45, 2.75) is 6.92 Å². The first-order chi connectivity index (χ1) is 6.27. The van der Waals surface area contributed by atoms with Crippen LogP contribution in [-0.4, -0.2) is 9.78 Å². The van der Waals surface area contributed by atoms with Gasteiger partial charge in [-0.1, -0.05) is 17.7 Å². The van der Waals surface area contributed by atoms with Gasteiger partial charge >= 0.3 is 0 Å². The number of aryl methyl sites for hydroxylation is 1. The lowest BCUT2D eigenvalue weighted by Crippen LogP contribution is -1.95. The lowest BCUT2D eigenvalue weighted by atomic mass is 10.2. The molecule has 3 heteroatoms. The summed E-state index contributed by atoms with van der Waals surface area (Å²) in [4.78, 5) is 0. The van der Waals surface area contributed by atoms with Gasteiger partial charge in [-0.2, -0.15) is 5.10 Å². The van der Waals surface area contributed by atoms with Crippen LogP contribution in [0.2, 0.25) is 5.02 Å². The molecule has 0 N–H and O–H groups in total. The summed E-state index contributed by atoms with van der Waals surface area (Å²) >= 11 is 6.05. The molecular formula is C10H8ClN2. The zero-order chi connectivity index (χ0) is 9.26. The number of rotatable bonds is 1. The largest absolute Gasteiger partial charge is 0.239 e. The Morgan fingerprint density at radius 3 is 2.92 bits per heavy atom. The summed E-state index contributed by atoms with van der Waals surface area (Å²) in [6, 6.07) is 7.61. The Balaban J connectivity index is 2.53. The molecule has 13 heavy (non-hydrogen) atoms. The molecule has 65 valence electrons. The Hall–Kier alpha value is -1.28. The molecule has 0 spiro atoms. The highest BCUT2D eigenvalue weighted by Crippen LogP contribution is 2.20. The normalized spacial score (nSPS) is 10.3. The van der Waals surface area contributed by atoms with E-state index < -0.39 is 0 Å². The molecule has 0 saturated heterocycles. The summed E-state index contributed by atoms with van der Waals surface area (Å²) in [5, 5.41) is 4.69. The second-order valence-corrected chi connectivity index (χ2v) is 3.25. The molecule has 1 aromatic carbocycles. The smallest absolute Gasteiger partial charge is 0.113 e. The van der Waals surface area contributed by atoms with Gasteiger partial charge in [0.15, 0.2) is 0 Å². The van der Waals surface area contributed by atoms with Gasteiger partial charge in [0.25, 0.3) is 0 Å². The molecule has 0 unspecified atom stereocenters. The van der Waals surface area contributed by atoms with E-state index in [-0.39, 0.29) is 0 Å². The van der Waals surface area contributed by atoms with Crippen molar-refractivity contribution in [3.05, 3.63) is 47.2 Å². The minimum atomic E-state index is 0.706. The molecule has 0 aliphatic rings. The highest BCUT2D eigenvalue weighted by Gasteiger charge is 2.01. The topological polar surface area (TPSA) is 17.8 Å². The van der Waals surface area contributed by atoms with Crippen LogP contribution in [-0.2, 0) is 0 Å². The van der Waals surface area contributed by atoms with Crippen LogP contribution < -0.4 is 0 Å². The number of nitrogens with zero attached hydrogens (tertiary/aromatic N) is 2. The molecule has 1 radical (unpaired) electrons.